The summed E-state index contributed by atoms with van der Waals surface area (Å²) in [6.07, 6.45) is 3.10. The van der Waals surface area contributed by atoms with E-state index in [1.54, 1.807) is 29.2 Å². The van der Waals surface area contributed by atoms with Gasteiger partial charge in [0.2, 0.25) is 15.9 Å². The minimum absolute atomic E-state index is 0.0338. The smallest absolute Gasteiger partial charge is 0.222 e. The maximum absolute atomic E-state index is 12.6. The fraction of sp³-hybridized carbons (Fsp3) is 0.588. The predicted octanol–water partition coefficient (Wildman–Crippen LogP) is 2.89. The van der Waals surface area contributed by atoms with Gasteiger partial charge in [-0.15, -0.1) is 0 Å². The minimum Gasteiger partial charge on any atom is -0.341 e. The number of rotatable bonds is 6. The number of benzene rings is 1. The number of carbonyl (C=O) groups excluding carboxylic acids is 1. The highest BCUT2D eigenvalue weighted by molar-refractivity contribution is 7.88. The molecule has 1 fully saturated rings. The topological polar surface area (TPSA) is 57.7 Å². The number of unbranched alkanes of at least 4 members (excludes halogenated alkanes) is 1. The first kappa shape index (κ1) is 19.2. The Morgan fingerprint density at radius 3 is 2.50 bits per heavy atom. The number of hydrogen-bond acceptors (Lipinski definition) is 3. The molecule has 0 spiro atoms. The van der Waals surface area contributed by atoms with Gasteiger partial charge in [0.05, 0.1) is 5.75 Å². The summed E-state index contributed by atoms with van der Waals surface area (Å²) in [6.45, 7) is 4.00. The highest BCUT2D eigenvalue weighted by atomic mass is 35.5. The first-order valence-electron chi connectivity index (χ1n) is 8.42. The molecule has 1 amide bonds. The van der Waals surface area contributed by atoms with E-state index in [2.05, 4.69) is 6.92 Å². The van der Waals surface area contributed by atoms with E-state index < -0.39 is 10.0 Å². The largest absolute Gasteiger partial charge is 0.341 e. The van der Waals surface area contributed by atoms with Crippen LogP contribution in [0.1, 0.15) is 38.2 Å². The fourth-order valence-electron chi connectivity index (χ4n) is 2.79. The van der Waals surface area contributed by atoms with Gasteiger partial charge in [0.15, 0.2) is 0 Å². The maximum Gasteiger partial charge on any atom is 0.222 e. The Morgan fingerprint density at radius 1 is 1.12 bits per heavy atom. The van der Waals surface area contributed by atoms with E-state index in [1.807, 2.05) is 0 Å². The number of nitrogens with zero attached hydrogens (tertiary/aromatic N) is 2. The summed E-state index contributed by atoms with van der Waals surface area (Å²) >= 11 is 5.84. The Hall–Kier alpha value is -1.11. The molecule has 1 heterocycles. The second-order valence-corrected chi connectivity index (χ2v) is 8.52. The number of sulfonamides is 1. The van der Waals surface area contributed by atoms with Crippen LogP contribution in [0.4, 0.5) is 0 Å². The first-order valence-corrected chi connectivity index (χ1v) is 10.4. The molecule has 7 heteroatoms. The second-order valence-electron chi connectivity index (χ2n) is 6.12. The van der Waals surface area contributed by atoms with Crippen LogP contribution < -0.4 is 0 Å². The van der Waals surface area contributed by atoms with Crippen molar-refractivity contribution in [3.8, 4) is 0 Å². The highest BCUT2D eigenvalue weighted by Gasteiger charge is 2.26. The van der Waals surface area contributed by atoms with Crippen LogP contribution in [0, 0.1) is 0 Å². The third-order valence-electron chi connectivity index (χ3n) is 4.21. The zero-order chi connectivity index (χ0) is 17.6. The molecule has 1 aliphatic heterocycles. The maximum atomic E-state index is 12.6. The van der Waals surface area contributed by atoms with Gasteiger partial charge in [0.25, 0.3) is 0 Å². The Morgan fingerprint density at radius 2 is 1.83 bits per heavy atom. The molecule has 1 aromatic rings. The Balaban J connectivity index is 1.96. The Labute approximate surface area is 149 Å². The summed E-state index contributed by atoms with van der Waals surface area (Å²) in [5, 5.41) is 0.590. The van der Waals surface area contributed by atoms with Crippen molar-refractivity contribution >= 4 is 27.5 Å². The van der Waals surface area contributed by atoms with Crippen LogP contribution in [0.25, 0.3) is 0 Å². The molecule has 0 aliphatic carbocycles. The molecule has 0 radical (unpaired) electrons. The van der Waals surface area contributed by atoms with Crippen LogP contribution in [0.3, 0.4) is 0 Å². The van der Waals surface area contributed by atoms with E-state index in [-0.39, 0.29) is 11.7 Å². The predicted molar refractivity (Wildman–Crippen MR) is 96.4 cm³/mol. The van der Waals surface area contributed by atoms with Crippen LogP contribution in [-0.4, -0.2) is 49.7 Å². The molecule has 0 saturated carbocycles. The average Bonchev–Trinajstić information content (AvgIpc) is 2.81. The van der Waals surface area contributed by atoms with Crippen LogP contribution in [0.2, 0.25) is 5.02 Å². The van der Waals surface area contributed by atoms with Gasteiger partial charge in [-0.2, -0.15) is 4.31 Å². The standard InChI is InChI=1S/C17H25ClN2O3S/c1-2-3-5-17(21)19-10-4-11-20(13-12-19)24(22,23)14-15-6-8-16(18)9-7-15/h6-9H,2-5,10-14H2,1H3. The zero-order valence-electron chi connectivity index (χ0n) is 14.1. The molecule has 5 nitrogen and oxygen atoms in total. The lowest BCUT2D eigenvalue weighted by Crippen LogP contribution is -2.37. The summed E-state index contributed by atoms with van der Waals surface area (Å²) in [5.74, 6) is 0.0994. The third-order valence-corrected chi connectivity index (χ3v) is 6.31. The van der Waals surface area contributed by atoms with Crippen LogP contribution in [0.15, 0.2) is 24.3 Å². The van der Waals surface area contributed by atoms with E-state index in [9.17, 15) is 13.2 Å². The minimum atomic E-state index is -3.39. The lowest BCUT2D eigenvalue weighted by molar-refractivity contribution is -0.131. The van der Waals surface area contributed by atoms with Crippen LogP contribution in [-0.2, 0) is 20.6 Å². The first-order chi connectivity index (χ1) is 11.4. The molecule has 0 unspecified atom stereocenters. The number of hydrogen-bond donors (Lipinski definition) is 0. The molecule has 1 aliphatic rings. The molecular weight excluding hydrogens is 348 g/mol. The number of carbonyl (C=O) groups is 1. The second kappa shape index (κ2) is 8.83. The SMILES string of the molecule is CCCCC(=O)N1CCCN(S(=O)(=O)Cc2ccc(Cl)cc2)CC1. The molecule has 0 N–H and O–H groups in total. The summed E-state index contributed by atoms with van der Waals surface area (Å²) in [6, 6.07) is 6.86. The van der Waals surface area contributed by atoms with Crippen molar-refractivity contribution in [1.29, 1.82) is 0 Å². The van der Waals surface area contributed by atoms with Crippen molar-refractivity contribution in [2.24, 2.45) is 0 Å². The summed E-state index contributed by atoms with van der Waals surface area (Å²) in [5.41, 5.74) is 0.722. The Bertz CT molecular complexity index is 646. The average molecular weight is 373 g/mol. The quantitative estimate of drug-likeness (QED) is 0.771. The molecule has 0 atom stereocenters. The number of halogens is 1. The molecule has 24 heavy (non-hydrogen) atoms. The van der Waals surface area contributed by atoms with Crippen molar-refractivity contribution in [3.63, 3.8) is 0 Å². The van der Waals surface area contributed by atoms with Crippen molar-refractivity contribution in [1.82, 2.24) is 9.21 Å². The van der Waals surface area contributed by atoms with Gasteiger partial charge >= 0.3 is 0 Å². The normalized spacial score (nSPS) is 16.8. The van der Waals surface area contributed by atoms with Crippen molar-refractivity contribution in [2.75, 3.05) is 26.2 Å². The summed E-state index contributed by atoms with van der Waals surface area (Å²) in [7, 11) is -3.39. The van der Waals surface area contributed by atoms with E-state index >= 15 is 0 Å². The van der Waals surface area contributed by atoms with E-state index in [0.29, 0.717) is 44.0 Å². The third kappa shape index (κ3) is 5.46. The molecule has 2 rings (SSSR count). The molecule has 0 bridgehead atoms. The van der Waals surface area contributed by atoms with E-state index in [4.69, 9.17) is 11.6 Å². The van der Waals surface area contributed by atoms with Crippen molar-refractivity contribution in [2.45, 2.75) is 38.4 Å². The van der Waals surface area contributed by atoms with Crippen molar-refractivity contribution in [3.05, 3.63) is 34.9 Å². The van der Waals surface area contributed by atoms with Gasteiger partial charge in [-0.1, -0.05) is 37.1 Å². The molecular formula is C17H25ClN2O3S. The van der Waals surface area contributed by atoms with Crippen molar-refractivity contribution < 1.29 is 13.2 Å². The highest BCUT2D eigenvalue weighted by Crippen LogP contribution is 2.16. The summed E-state index contributed by atoms with van der Waals surface area (Å²) < 4.78 is 26.8. The van der Waals surface area contributed by atoms with Gasteiger partial charge in [-0.25, -0.2) is 8.42 Å². The van der Waals surface area contributed by atoms with Gasteiger partial charge in [-0.3, -0.25) is 4.79 Å². The lowest BCUT2D eigenvalue weighted by Gasteiger charge is -2.22. The lowest BCUT2D eigenvalue weighted by atomic mass is 10.2. The van der Waals surface area contributed by atoms with Gasteiger partial charge in [0, 0.05) is 37.6 Å². The fourth-order valence-corrected chi connectivity index (χ4v) is 4.48. The summed E-state index contributed by atoms with van der Waals surface area (Å²) in [4.78, 5) is 13.9. The number of amides is 1. The van der Waals surface area contributed by atoms with Gasteiger partial charge in [-0.05, 0) is 30.5 Å². The Kier molecular flexibility index (Phi) is 7.07. The van der Waals surface area contributed by atoms with Gasteiger partial charge < -0.3 is 4.90 Å². The molecule has 134 valence electrons. The zero-order valence-corrected chi connectivity index (χ0v) is 15.7. The monoisotopic (exact) mass is 372 g/mol. The van der Waals surface area contributed by atoms with Crippen LogP contribution in [0.5, 0.6) is 0 Å². The molecule has 1 aromatic carbocycles. The van der Waals surface area contributed by atoms with Gasteiger partial charge in [0.1, 0.15) is 0 Å². The molecule has 0 aromatic heterocycles. The van der Waals surface area contributed by atoms with Crippen LogP contribution >= 0.6 is 11.6 Å². The van der Waals surface area contributed by atoms with E-state index in [1.165, 1.54) is 4.31 Å². The van der Waals surface area contributed by atoms with E-state index in [0.717, 1.165) is 18.4 Å². The molecule has 1 saturated heterocycles.